The summed E-state index contributed by atoms with van der Waals surface area (Å²) in [5.74, 6) is 0. The van der Waals surface area contributed by atoms with Crippen molar-refractivity contribution in [3.8, 4) is 0 Å². The van der Waals surface area contributed by atoms with Crippen molar-refractivity contribution < 1.29 is 18.0 Å². The van der Waals surface area contributed by atoms with E-state index in [1.54, 1.807) is 36.4 Å². The molecule has 2 aromatic carbocycles. The lowest BCUT2D eigenvalue weighted by molar-refractivity contribution is -0.110. The Bertz CT molecular complexity index is 994. The highest BCUT2D eigenvalue weighted by molar-refractivity contribution is 7.89. The van der Waals surface area contributed by atoms with Crippen LogP contribution in [0.4, 0.5) is 10.5 Å². The largest absolute Gasteiger partial charge is 0.351 e. The third kappa shape index (κ3) is 3.89. The Morgan fingerprint density at radius 3 is 2.50 bits per heavy atom. The lowest BCUT2D eigenvalue weighted by atomic mass is 10.1. The Labute approximate surface area is 168 Å². The van der Waals surface area contributed by atoms with Crippen LogP contribution in [0.5, 0.6) is 0 Å². The summed E-state index contributed by atoms with van der Waals surface area (Å²) in [6.45, 7) is 1.81. The number of aryl methyl sites for hydroxylation is 1. The smallest absolute Gasteiger partial charge is 0.319 e. The maximum atomic E-state index is 13.1. The summed E-state index contributed by atoms with van der Waals surface area (Å²) in [7, 11) is -3.90. The van der Waals surface area contributed by atoms with Crippen LogP contribution >= 0.6 is 11.6 Å². The zero-order valence-corrected chi connectivity index (χ0v) is 16.7. The van der Waals surface area contributed by atoms with Crippen LogP contribution in [0.1, 0.15) is 12.0 Å². The van der Waals surface area contributed by atoms with Crippen molar-refractivity contribution in [1.29, 1.82) is 0 Å². The van der Waals surface area contributed by atoms with Gasteiger partial charge in [-0.15, -0.1) is 0 Å². The summed E-state index contributed by atoms with van der Waals surface area (Å²) in [5.41, 5.74) is 6.93. The number of carbonyl (C=O) groups is 2. The molecule has 2 N–H and O–H groups in total. The van der Waals surface area contributed by atoms with E-state index >= 15 is 0 Å². The first-order valence-corrected chi connectivity index (χ1v) is 10.4. The van der Waals surface area contributed by atoms with Crippen LogP contribution in [0, 0.1) is 6.92 Å². The number of nitrogens with zero attached hydrogens (tertiary/aromatic N) is 2. The number of anilines is 1. The van der Waals surface area contributed by atoms with Gasteiger partial charge < -0.3 is 10.5 Å². The van der Waals surface area contributed by atoms with Gasteiger partial charge in [0.05, 0.1) is 17.0 Å². The van der Waals surface area contributed by atoms with Gasteiger partial charge in [-0.1, -0.05) is 35.4 Å². The van der Waals surface area contributed by atoms with E-state index in [4.69, 9.17) is 17.3 Å². The minimum atomic E-state index is -3.90. The van der Waals surface area contributed by atoms with Gasteiger partial charge in [0.25, 0.3) is 0 Å². The molecule has 0 bridgehead atoms. The average molecular weight is 422 g/mol. The molecule has 7 nitrogen and oxygen atoms in total. The number of hydrogen-bond acceptors (Lipinski definition) is 4. The fraction of sp³-hybridized carbons (Fsp3) is 0.263. The topological polar surface area (TPSA) is 101 Å². The zero-order chi connectivity index (χ0) is 20.5. The molecule has 1 aliphatic rings. The van der Waals surface area contributed by atoms with Crippen LogP contribution in [-0.4, -0.2) is 43.7 Å². The van der Waals surface area contributed by atoms with Gasteiger partial charge in [0.2, 0.25) is 10.0 Å². The summed E-state index contributed by atoms with van der Waals surface area (Å²) < 4.78 is 27.2. The van der Waals surface area contributed by atoms with E-state index in [0.29, 0.717) is 17.0 Å². The molecule has 1 heterocycles. The Morgan fingerprint density at radius 2 is 1.93 bits per heavy atom. The fourth-order valence-electron chi connectivity index (χ4n) is 3.39. The van der Waals surface area contributed by atoms with Gasteiger partial charge >= 0.3 is 6.03 Å². The minimum absolute atomic E-state index is 0.0466. The maximum Gasteiger partial charge on any atom is 0.319 e. The molecule has 28 heavy (non-hydrogen) atoms. The van der Waals surface area contributed by atoms with E-state index in [0.717, 1.165) is 9.87 Å². The Balaban J connectivity index is 1.95. The molecule has 2 aromatic rings. The summed E-state index contributed by atoms with van der Waals surface area (Å²) in [6.07, 6.45) is 0.729. The second kappa shape index (κ2) is 7.90. The van der Waals surface area contributed by atoms with E-state index in [9.17, 15) is 18.0 Å². The normalized spacial score (nSPS) is 20.1. The SMILES string of the molecule is Cc1ccc(S(=O)(=O)N2CC(N(C(N)=O)c3cccc(Cl)c3)C[C@H]2C=O)cc1. The Kier molecular flexibility index (Phi) is 5.74. The predicted octanol–water partition coefficient (Wildman–Crippen LogP) is 2.56. The first kappa shape index (κ1) is 20.3. The third-order valence-corrected chi connectivity index (χ3v) is 6.89. The van der Waals surface area contributed by atoms with E-state index < -0.39 is 28.1 Å². The van der Waals surface area contributed by atoms with E-state index in [1.165, 1.54) is 17.0 Å². The molecule has 1 fully saturated rings. The molecule has 1 aliphatic heterocycles. The van der Waals surface area contributed by atoms with Crippen molar-refractivity contribution in [3.05, 3.63) is 59.1 Å². The summed E-state index contributed by atoms with van der Waals surface area (Å²) in [5, 5.41) is 0.415. The van der Waals surface area contributed by atoms with Gasteiger partial charge in [-0.2, -0.15) is 4.31 Å². The number of urea groups is 1. The average Bonchev–Trinajstić information content (AvgIpc) is 3.06. The molecule has 1 saturated heterocycles. The Hall–Kier alpha value is -2.42. The van der Waals surface area contributed by atoms with Gasteiger partial charge in [0, 0.05) is 17.3 Å². The predicted molar refractivity (Wildman–Crippen MR) is 107 cm³/mol. The molecule has 0 radical (unpaired) electrons. The number of aldehydes is 1. The van der Waals surface area contributed by atoms with Gasteiger partial charge in [-0.3, -0.25) is 4.90 Å². The molecular formula is C19H20ClN3O4S. The standard InChI is InChI=1S/C19H20ClN3O4S/c1-13-5-7-18(8-6-13)28(26,27)22-11-16(10-17(22)12-24)23(19(21)25)15-4-2-3-14(20)9-15/h2-9,12,16-17H,10-11H2,1H3,(H2,21,25)/t16?,17-/m0/s1. The van der Waals surface area contributed by atoms with Crippen LogP contribution in [0.25, 0.3) is 0 Å². The van der Waals surface area contributed by atoms with Crippen LogP contribution in [0.15, 0.2) is 53.4 Å². The van der Waals surface area contributed by atoms with Crippen LogP contribution < -0.4 is 10.6 Å². The monoisotopic (exact) mass is 421 g/mol. The van der Waals surface area contributed by atoms with Crippen molar-refractivity contribution in [2.24, 2.45) is 5.73 Å². The highest BCUT2D eigenvalue weighted by Crippen LogP contribution is 2.31. The number of amides is 2. The van der Waals surface area contributed by atoms with E-state index in [1.807, 2.05) is 6.92 Å². The molecule has 2 amide bonds. The van der Waals surface area contributed by atoms with Crippen molar-refractivity contribution in [2.75, 3.05) is 11.4 Å². The molecule has 0 aliphatic carbocycles. The molecule has 0 saturated carbocycles. The van der Waals surface area contributed by atoms with Crippen molar-refractivity contribution in [2.45, 2.75) is 30.3 Å². The number of carbonyl (C=O) groups excluding carboxylic acids is 2. The number of benzene rings is 2. The van der Waals surface area contributed by atoms with Crippen molar-refractivity contribution in [3.63, 3.8) is 0 Å². The molecule has 1 unspecified atom stereocenters. The summed E-state index contributed by atoms with van der Waals surface area (Å²) in [4.78, 5) is 25.1. The molecule has 0 spiro atoms. The molecule has 2 atom stereocenters. The highest BCUT2D eigenvalue weighted by atomic mass is 35.5. The molecular weight excluding hydrogens is 402 g/mol. The molecule has 3 rings (SSSR count). The number of nitrogens with two attached hydrogens (primary N) is 1. The lowest BCUT2D eigenvalue weighted by Gasteiger charge is -2.27. The number of primary amides is 1. The Morgan fingerprint density at radius 1 is 1.25 bits per heavy atom. The number of rotatable bonds is 5. The van der Waals surface area contributed by atoms with Crippen LogP contribution in [0.3, 0.4) is 0 Å². The van der Waals surface area contributed by atoms with Gasteiger partial charge in [0.1, 0.15) is 6.29 Å². The number of hydrogen-bond donors (Lipinski definition) is 1. The molecule has 0 aromatic heterocycles. The summed E-state index contributed by atoms with van der Waals surface area (Å²) in [6, 6.07) is 10.7. The summed E-state index contributed by atoms with van der Waals surface area (Å²) >= 11 is 6.01. The third-order valence-electron chi connectivity index (χ3n) is 4.75. The molecule has 148 valence electrons. The van der Waals surface area contributed by atoms with Crippen LogP contribution in [0.2, 0.25) is 5.02 Å². The maximum absolute atomic E-state index is 13.1. The lowest BCUT2D eigenvalue weighted by Crippen LogP contribution is -2.45. The second-order valence-corrected chi connectivity index (χ2v) is 9.00. The number of sulfonamides is 1. The number of halogens is 1. The van der Waals surface area contributed by atoms with Crippen molar-refractivity contribution in [1.82, 2.24) is 4.31 Å². The van der Waals surface area contributed by atoms with Gasteiger partial charge in [-0.25, -0.2) is 13.2 Å². The quantitative estimate of drug-likeness (QED) is 0.749. The fourth-order valence-corrected chi connectivity index (χ4v) is 5.19. The first-order valence-electron chi connectivity index (χ1n) is 8.62. The van der Waals surface area contributed by atoms with E-state index in [-0.39, 0.29) is 17.9 Å². The highest BCUT2D eigenvalue weighted by Gasteiger charge is 2.43. The molecule has 9 heteroatoms. The first-order chi connectivity index (χ1) is 13.2. The van der Waals surface area contributed by atoms with Gasteiger partial charge in [0.15, 0.2) is 0 Å². The van der Waals surface area contributed by atoms with Crippen LogP contribution in [-0.2, 0) is 14.8 Å². The zero-order valence-electron chi connectivity index (χ0n) is 15.2. The van der Waals surface area contributed by atoms with E-state index in [2.05, 4.69) is 0 Å². The van der Waals surface area contributed by atoms with Crippen molar-refractivity contribution >= 4 is 39.6 Å². The minimum Gasteiger partial charge on any atom is -0.351 e. The van der Waals surface area contributed by atoms with Gasteiger partial charge in [-0.05, 0) is 43.7 Å². The second-order valence-electron chi connectivity index (χ2n) is 6.67.